The van der Waals surface area contributed by atoms with Crippen LogP contribution in [0.15, 0.2) is 60.8 Å². The van der Waals surface area contributed by atoms with Gasteiger partial charge in [0.15, 0.2) is 0 Å². The summed E-state index contributed by atoms with van der Waals surface area (Å²) >= 11 is 0. The van der Waals surface area contributed by atoms with Gasteiger partial charge in [0.05, 0.1) is 5.52 Å². The molecule has 2 aromatic carbocycles. The van der Waals surface area contributed by atoms with Crippen molar-refractivity contribution >= 4 is 10.9 Å². The number of nitrogens with zero attached hydrogens (tertiary/aromatic N) is 2. The minimum absolute atomic E-state index is 0.964. The molecule has 2 heterocycles. The minimum atomic E-state index is 0.964. The molecule has 166 valence electrons. The molecule has 0 aliphatic carbocycles. The van der Waals surface area contributed by atoms with Gasteiger partial charge >= 0.3 is 0 Å². The van der Waals surface area contributed by atoms with Crippen molar-refractivity contribution in [2.75, 3.05) is 0 Å². The van der Waals surface area contributed by atoms with Crippen LogP contribution in [0.5, 0.6) is 0 Å². The van der Waals surface area contributed by atoms with Gasteiger partial charge in [-0.2, -0.15) is 0 Å². The highest BCUT2D eigenvalue weighted by Crippen LogP contribution is 2.32. The number of hydrogen-bond acceptors (Lipinski definition) is 1. The largest absolute Gasteiger partial charge is 0.301 e. The number of unbranched alkanes of at least 4 members (excludes halogenated alkanes) is 3. The number of pyridine rings is 1. The van der Waals surface area contributed by atoms with E-state index in [0.29, 0.717) is 0 Å². The zero-order chi connectivity index (χ0) is 22.5. The van der Waals surface area contributed by atoms with Gasteiger partial charge in [0.25, 0.3) is 0 Å². The third kappa shape index (κ3) is 4.50. The molecule has 0 bridgehead atoms. The van der Waals surface area contributed by atoms with Crippen LogP contribution >= 0.6 is 0 Å². The summed E-state index contributed by atoms with van der Waals surface area (Å²) in [6.45, 7) is 8.91. The molecule has 0 saturated carbocycles. The molecule has 0 unspecified atom stereocenters. The fourth-order valence-corrected chi connectivity index (χ4v) is 4.75. The van der Waals surface area contributed by atoms with Crippen molar-refractivity contribution in [3.05, 3.63) is 83.2 Å². The third-order valence-electron chi connectivity index (χ3n) is 6.71. The Kier molecular flexibility index (Phi) is 7.09. The zero-order valence-electron chi connectivity index (χ0n) is 20.1. The standard InChI is InChI=1S/C30H36N2/c1-5-8-9-10-12-24-21-25(16-15-22(24)4)26-13-11-14-29-27(26)19-20-32(29)30-18-17-23(6-2)28(7-3)31-30/h11,13-21H,5-10,12H2,1-4H3. The van der Waals surface area contributed by atoms with E-state index < -0.39 is 0 Å². The molecule has 0 fully saturated rings. The van der Waals surface area contributed by atoms with E-state index in [-0.39, 0.29) is 0 Å². The Balaban J connectivity index is 1.71. The normalized spacial score (nSPS) is 11.4. The van der Waals surface area contributed by atoms with Crippen molar-refractivity contribution in [3.8, 4) is 16.9 Å². The minimum Gasteiger partial charge on any atom is -0.301 e. The van der Waals surface area contributed by atoms with Crippen LogP contribution in [0, 0.1) is 6.92 Å². The van der Waals surface area contributed by atoms with Gasteiger partial charge in [-0.15, -0.1) is 0 Å². The van der Waals surface area contributed by atoms with Crippen LogP contribution in [0.3, 0.4) is 0 Å². The van der Waals surface area contributed by atoms with Crippen LogP contribution in [0.1, 0.15) is 68.8 Å². The summed E-state index contributed by atoms with van der Waals surface area (Å²) in [7, 11) is 0. The number of benzene rings is 2. The van der Waals surface area contributed by atoms with E-state index in [9.17, 15) is 0 Å². The maximum atomic E-state index is 4.99. The van der Waals surface area contributed by atoms with E-state index in [1.165, 1.54) is 76.5 Å². The second kappa shape index (κ2) is 10.2. The quantitative estimate of drug-likeness (QED) is 0.247. The number of rotatable bonds is 9. The Morgan fingerprint density at radius 3 is 2.47 bits per heavy atom. The Hall–Kier alpha value is -2.87. The van der Waals surface area contributed by atoms with Gasteiger partial charge in [-0.1, -0.05) is 76.4 Å². The monoisotopic (exact) mass is 424 g/mol. The second-order valence-corrected chi connectivity index (χ2v) is 8.86. The first kappa shape index (κ1) is 22.3. The molecule has 2 aromatic heterocycles. The lowest BCUT2D eigenvalue weighted by atomic mass is 9.95. The van der Waals surface area contributed by atoms with Gasteiger partial charge in [-0.05, 0) is 78.6 Å². The summed E-state index contributed by atoms with van der Waals surface area (Å²) in [5, 5.41) is 1.28. The molecule has 0 aliphatic heterocycles. The van der Waals surface area contributed by atoms with Crippen molar-refractivity contribution < 1.29 is 0 Å². The van der Waals surface area contributed by atoms with Crippen LogP contribution in [0.4, 0.5) is 0 Å². The van der Waals surface area contributed by atoms with Crippen LogP contribution < -0.4 is 0 Å². The summed E-state index contributed by atoms with van der Waals surface area (Å²) in [5.74, 6) is 1.01. The Labute approximate surface area is 193 Å². The summed E-state index contributed by atoms with van der Waals surface area (Å²) in [6, 6.07) is 20.3. The molecule has 32 heavy (non-hydrogen) atoms. The summed E-state index contributed by atoms with van der Waals surface area (Å²) in [6.07, 6.45) is 10.5. The van der Waals surface area contributed by atoms with Gasteiger partial charge in [0.1, 0.15) is 5.82 Å². The molecule has 4 aromatic rings. The smallest absolute Gasteiger partial charge is 0.137 e. The van der Waals surface area contributed by atoms with Crippen LogP contribution in [-0.4, -0.2) is 9.55 Å². The third-order valence-corrected chi connectivity index (χ3v) is 6.71. The lowest BCUT2D eigenvalue weighted by molar-refractivity contribution is 0.666. The number of aryl methyl sites for hydroxylation is 4. The molecule has 0 atom stereocenters. The van der Waals surface area contributed by atoms with Crippen LogP contribution in [0.25, 0.3) is 27.8 Å². The lowest BCUT2D eigenvalue weighted by Gasteiger charge is -2.12. The highest BCUT2D eigenvalue weighted by atomic mass is 15.1. The molecule has 0 amide bonds. The second-order valence-electron chi connectivity index (χ2n) is 8.86. The van der Waals surface area contributed by atoms with E-state index in [4.69, 9.17) is 4.98 Å². The number of hydrogen-bond donors (Lipinski definition) is 0. The molecular weight excluding hydrogens is 388 g/mol. The summed E-state index contributed by atoms with van der Waals surface area (Å²) < 4.78 is 2.23. The topological polar surface area (TPSA) is 17.8 Å². The predicted octanol–water partition coefficient (Wildman–Crippen LogP) is 8.25. The van der Waals surface area contributed by atoms with Crippen molar-refractivity contribution in [1.82, 2.24) is 9.55 Å². The average Bonchev–Trinajstić information content (AvgIpc) is 3.27. The van der Waals surface area contributed by atoms with Gasteiger partial charge in [-0.3, -0.25) is 0 Å². The maximum Gasteiger partial charge on any atom is 0.137 e. The molecule has 0 N–H and O–H groups in total. The van der Waals surface area contributed by atoms with Crippen molar-refractivity contribution in [2.24, 2.45) is 0 Å². The van der Waals surface area contributed by atoms with E-state index in [0.717, 1.165) is 18.7 Å². The molecule has 4 rings (SSSR count). The summed E-state index contributed by atoms with van der Waals surface area (Å²) in [4.78, 5) is 4.99. The van der Waals surface area contributed by atoms with Gasteiger partial charge < -0.3 is 4.57 Å². The number of fused-ring (bicyclic) bond motifs is 1. The predicted molar refractivity (Wildman–Crippen MR) is 138 cm³/mol. The maximum absolute atomic E-state index is 4.99. The Morgan fingerprint density at radius 1 is 0.812 bits per heavy atom. The van der Waals surface area contributed by atoms with Gasteiger partial charge in [0, 0.05) is 17.3 Å². The van der Waals surface area contributed by atoms with Crippen molar-refractivity contribution in [1.29, 1.82) is 0 Å². The van der Waals surface area contributed by atoms with E-state index in [1.54, 1.807) is 0 Å². The van der Waals surface area contributed by atoms with E-state index in [1.807, 2.05) is 0 Å². The fourth-order valence-electron chi connectivity index (χ4n) is 4.75. The molecule has 2 nitrogen and oxygen atoms in total. The lowest BCUT2D eigenvalue weighted by Crippen LogP contribution is -2.02. The first-order chi connectivity index (χ1) is 15.7. The average molecular weight is 425 g/mol. The molecule has 0 spiro atoms. The molecule has 0 aliphatic rings. The van der Waals surface area contributed by atoms with E-state index in [2.05, 4.69) is 93.1 Å². The van der Waals surface area contributed by atoms with Gasteiger partial charge in [0.2, 0.25) is 0 Å². The molecule has 2 heteroatoms. The number of aromatic nitrogens is 2. The molecular formula is C30H36N2. The van der Waals surface area contributed by atoms with Crippen molar-refractivity contribution in [3.63, 3.8) is 0 Å². The van der Waals surface area contributed by atoms with E-state index >= 15 is 0 Å². The SMILES string of the molecule is CCCCCCc1cc(-c2cccc3c2ccn3-c2ccc(CC)c(CC)n2)ccc1C. The Morgan fingerprint density at radius 2 is 1.69 bits per heavy atom. The van der Waals surface area contributed by atoms with Crippen LogP contribution in [0.2, 0.25) is 0 Å². The molecule has 0 saturated heterocycles. The first-order valence-corrected chi connectivity index (χ1v) is 12.3. The highest BCUT2D eigenvalue weighted by molar-refractivity contribution is 5.96. The highest BCUT2D eigenvalue weighted by Gasteiger charge is 2.12. The first-order valence-electron chi connectivity index (χ1n) is 12.3. The zero-order valence-corrected chi connectivity index (χ0v) is 20.1. The fraction of sp³-hybridized carbons (Fsp3) is 0.367. The molecule has 0 radical (unpaired) electrons. The Bertz CT molecular complexity index is 1200. The van der Waals surface area contributed by atoms with Crippen LogP contribution in [-0.2, 0) is 19.3 Å². The van der Waals surface area contributed by atoms with Crippen molar-refractivity contribution in [2.45, 2.75) is 72.6 Å². The van der Waals surface area contributed by atoms with Gasteiger partial charge in [-0.25, -0.2) is 4.98 Å². The summed E-state index contributed by atoms with van der Waals surface area (Å²) in [5.41, 5.74) is 9.27.